The van der Waals surface area contributed by atoms with Gasteiger partial charge in [0, 0.05) is 18.9 Å². The fourth-order valence-corrected chi connectivity index (χ4v) is 1.13. The minimum atomic E-state index is -0.304. The molecule has 0 N–H and O–H groups in total. The molecule has 1 heterocycles. The largest absolute Gasteiger partial charge is 0.501 e. The van der Waals surface area contributed by atoms with Gasteiger partial charge in [0.15, 0.2) is 0 Å². The fraction of sp³-hybridized carbons (Fsp3) is 0.364. The highest BCUT2D eigenvalue weighted by Gasteiger charge is 2.07. The van der Waals surface area contributed by atoms with Crippen LogP contribution in [0.2, 0.25) is 0 Å². The molecule has 1 aliphatic heterocycles. The average molecular weight is 194 g/mol. The van der Waals surface area contributed by atoms with Crippen molar-refractivity contribution < 1.29 is 14.3 Å². The van der Waals surface area contributed by atoms with E-state index in [9.17, 15) is 4.79 Å². The van der Waals surface area contributed by atoms with Crippen molar-refractivity contribution in [3.05, 3.63) is 35.8 Å². The van der Waals surface area contributed by atoms with Gasteiger partial charge in [-0.1, -0.05) is 6.08 Å². The SMILES string of the molecule is CC=C(CC=C1CC=CC(=O)O1)OC. The Morgan fingerprint density at radius 1 is 1.71 bits per heavy atom. The number of ether oxygens (including phenoxy) is 2. The number of allylic oxidation sites excluding steroid dienone is 3. The molecule has 3 heteroatoms. The number of rotatable bonds is 3. The van der Waals surface area contributed by atoms with Gasteiger partial charge in [0.2, 0.25) is 0 Å². The maximum absolute atomic E-state index is 10.9. The van der Waals surface area contributed by atoms with E-state index >= 15 is 0 Å². The van der Waals surface area contributed by atoms with E-state index < -0.39 is 0 Å². The summed E-state index contributed by atoms with van der Waals surface area (Å²) in [5.74, 6) is 1.25. The minimum absolute atomic E-state index is 0.304. The van der Waals surface area contributed by atoms with E-state index in [1.807, 2.05) is 19.1 Å². The molecular weight excluding hydrogens is 180 g/mol. The molecule has 0 unspecified atom stereocenters. The van der Waals surface area contributed by atoms with Crippen LogP contribution < -0.4 is 0 Å². The molecule has 1 aliphatic rings. The van der Waals surface area contributed by atoms with Crippen molar-refractivity contribution in [1.29, 1.82) is 0 Å². The lowest BCUT2D eigenvalue weighted by Crippen LogP contribution is -2.05. The van der Waals surface area contributed by atoms with E-state index in [0.717, 1.165) is 5.76 Å². The summed E-state index contributed by atoms with van der Waals surface area (Å²) in [4.78, 5) is 10.9. The Balaban J connectivity index is 2.53. The van der Waals surface area contributed by atoms with Gasteiger partial charge in [0.1, 0.15) is 5.76 Å². The second-order valence-electron chi connectivity index (χ2n) is 2.86. The molecule has 0 saturated heterocycles. The van der Waals surface area contributed by atoms with Crippen molar-refractivity contribution in [2.75, 3.05) is 7.11 Å². The van der Waals surface area contributed by atoms with Crippen LogP contribution in [-0.2, 0) is 14.3 Å². The monoisotopic (exact) mass is 194 g/mol. The first-order valence-corrected chi connectivity index (χ1v) is 4.53. The van der Waals surface area contributed by atoms with Gasteiger partial charge >= 0.3 is 5.97 Å². The zero-order valence-electron chi connectivity index (χ0n) is 8.45. The molecule has 0 aromatic heterocycles. The average Bonchev–Trinajstić information content (AvgIpc) is 2.19. The van der Waals surface area contributed by atoms with Crippen LogP contribution in [0.15, 0.2) is 35.8 Å². The van der Waals surface area contributed by atoms with E-state index in [2.05, 4.69) is 0 Å². The van der Waals surface area contributed by atoms with Gasteiger partial charge in [-0.15, -0.1) is 0 Å². The lowest BCUT2D eigenvalue weighted by Gasteiger charge is -2.09. The molecule has 0 fully saturated rings. The van der Waals surface area contributed by atoms with E-state index in [1.165, 1.54) is 6.08 Å². The maximum Gasteiger partial charge on any atom is 0.335 e. The predicted octanol–water partition coefficient (Wildman–Crippen LogP) is 2.31. The predicted molar refractivity (Wildman–Crippen MR) is 53.3 cm³/mol. The molecule has 0 amide bonds. The molecule has 14 heavy (non-hydrogen) atoms. The molecule has 3 nitrogen and oxygen atoms in total. The van der Waals surface area contributed by atoms with Crippen molar-refractivity contribution >= 4 is 5.97 Å². The molecule has 0 aromatic rings. The summed E-state index contributed by atoms with van der Waals surface area (Å²) in [6.45, 7) is 1.91. The van der Waals surface area contributed by atoms with Crippen LogP contribution >= 0.6 is 0 Å². The summed E-state index contributed by atoms with van der Waals surface area (Å²) in [6, 6.07) is 0. The van der Waals surface area contributed by atoms with Crippen molar-refractivity contribution in [2.24, 2.45) is 0 Å². The molecule has 0 saturated carbocycles. The number of hydrogen-bond donors (Lipinski definition) is 0. The molecule has 0 atom stereocenters. The highest BCUT2D eigenvalue weighted by atomic mass is 16.5. The van der Waals surface area contributed by atoms with Crippen LogP contribution in [0.4, 0.5) is 0 Å². The Morgan fingerprint density at radius 2 is 2.50 bits per heavy atom. The Bertz CT molecular complexity index is 298. The third-order valence-corrected chi connectivity index (χ3v) is 1.92. The van der Waals surface area contributed by atoms with Gasteiger partial charge in [0.25, 0.3) is 0 Å². The third kappa shape index (κ3) is 3.09. The number of carbonyl (C=O) groups is 1. The number of cyclic esters (lactones) is 1. The lowest BCUT2D eigenvalue weighted by atomic mass is 10.2. The second kappa shape index (κ2) is 5.27. The van der Waals surface area contributed by atoms with E-state index in [4.69, 9.17) is 9.47 Å². The highest BCUT2D eigenvalue weighted by Crippen LogP contribution is 2.14. The molecular formula is C11H14O3. The number of hydrogen-bond acceptors (Lipinski definition) is 3. The minimum Gasteiger partial charge on any atom is -0.501 e. The first-order chi connectivity index (χ1) is 6.76. The third-order valence-electron chi connectivity index (χ3n) is 1.92. The molecule has 0 radical (unpaired) electrons. The highest BCUT2D eigenvalue weighted by molar-refractivity contribution is 5.83. The molecule has 1 rings (SSSR count). The van der Waals surface area contributed by atoms with Crippen LogP contribution in [0.25, 0.3) is 0 Å². The Hall–Kier alpha value is -1.51. The van der Waals surface area contributed by atoms with Gasteiger partial charge in [-0.05, 0) is 19.1 Å². The topological polar surface area (TPSA) is 35.5 Å². The van der Waals surface area contributed by atoms with Crippen LogP contribution in [0.5, 0.6) is 0 Å². The van der Waals surface area contributed by atoms with Gasteiger partial charge in [-0.3, -0.25) is 0 Å². The molecule has 0 bridgehead atoms. The van der Waals surface area contributed by atoms with Crippen molar-refractivity contribution in [1.82, 2.24) is 0 Å². The molecule has 0 aliphatic carbocycles. The standard InChI is InChI=1S/C11H14O3/c1-3-9(13-2)7-8-10-5-4-6-11(12)14-10/h3-4,6,8H,5,7H2,1-2H3. The quantitative estimate of drug-likeness (QED) is 0.511. The van der Waals surface area contributed by atoms with Crippen molar-refractivity contribution in [3.8, 4) is 0 Å². The zero-order valence-corrected chi connectivity index (χ0v) is 8.45. The summed E-state index contributed by atoms with van der Waals surface area (Å²) in [5, 5.41) is 0. The van der Waals surface area contributed by atoms with E-state index in [-0.39, 0.29) is 5.97 Å². The number of methoxy groups -OCH3 is 1. The Morgan fingerprint density at radius 3 is 3.07 bits per heavy atom. The maximum atomic E-state index is 10.9. The van der Waals surface area contributed by atoms with Crippen LogP contribution in [0.1, 0.15) is 19.8 Å². The van der Waals surface area contributed by atoms with Gasteiger partial charge in [0.05, 0.1) is 12.9 Å². The Kier molecular flexibility index (Phi) is 3.98. The van der Waals surface area contributed by atoms with E-state index in [0.29, 0.717) is 18.6 Å². The number of esters is 1. The van der Waals surface area contributed by atoms with Crippen LogP contribution in [-0.4, -0.2) is 13.1 Å². The molecule has 0 spiro atoms. The summed E-state index contributed by atoms with van der Waals surface area (Å²) in [5.41, 5.74) is 0. The fourth-order valence-electron chi connectivity index (χ4n) is 1.13. The van der Waals surface area contributed by atoms with E-state index in [1.54, 1.807) is 13.2 Å². The molecule has 0 aromatic carbocycles. The Labute approximate surface area is 83.7 Å². The summed E-state index contributed by atoms with van der Waals surface area (Å²) in [7, 11) is 1.63. The second-order valence-corrected chi connectivity index (χ2v) is 2.86. The summed E-state index contributed by atoms with van der Waals surface area (Å²) in [6.07, 6.45) is 8.30. The summed E-state index contributed by atoms with van der Waals surface area (Å²) >= 11 is 0. The normalized spacial score (nSPS) is 19.7. The smallest absolute Gasteiger partial charge is 0.335 e. The van der Waals surface area contributed by atoms with Crippen LogP contribution in [0.3, 0.4) is 0 Å². The van der Waals surface area contributed by atoms with Gasteiger partial charge in [-0.25, -0.2) is 4.79 Å². The lowest BCUT2D eigenvalue weighted by molar-refractivity contribution is -0.134. The van der Waals surface area contributed by atoms with Gasteiger partial charge < -0.3 is 9.47 Å². The van der Waals surface area contributed by atoms with Crippen molar-refractivity contribution in [3.63, 3.8) is 0 Å². The number of carbonyl (C=O) groups excluding carboxylic acids is 1. The first-order valence-electron chi connectivity index (χ1n) is 4.53. The van der Waals surface area contributed by atoms with Crippen LogP contribution in [0, 0.1) is 0 Å². The summed E-state index contributed by atoms with van der Waals surface area (Å²) < 4.78 is 10.1. The van der Waals surface area contributed by atoms with Crippen molar-refractivity contribution in [2.45, 2.75) is 19.8 Å². The molecule has 76 valence electrons. The first kappa shape index (κ1) is 10.6. The zero-order chi connectivity index (χ0) is 10.4. The van der Waals surface area contributed by atoms with Gasteiger partial charge in [-0.2, -0.15) is 0 Å².